The van der Waals surface area contributed by atoms with E-state index < -0.39 is 0 Å². The zero-order valence-electron chi connectivity index (χ0n) is 15.6. The highest BCUT2D eigenvalue weighted by atomic mass is 32.2. The molecule has 0 aliphatic heterocycles. The van der Waals surface area contributed by atoms with Gasteiger partial charge in [0.25, 0.3) is 5.91 Å². The number of nitrogens with zero attached hydrogens (tertiary/aromatic N) is 1. The van der Waals surface area contributed by atoms with Gasteiger partial charge in [-0.25, -0.2) is 4.39 Å². The maximum absolute atomic E-state index is 12.9. The van der Waals surface area contributed by atoms with Crippen LogP contribution in [0.2, 0.25) is 0 Å². The predicted octanol–water partition coefficient (Wildman–Crippen LogP) is 2.69. The second kappa shape index (κ2) is 11.2. The molecule has 144 valence electrons. The molecule has 0 radical (unpaired) electrons. The van der Waals surface area contributed by atoms with Crippen LogP contribution in [0.15, 0.2) is 58.4 Å². The van der Waals surface area contributed by atoms with Gasteiger partial charge in [-0.1, -0.05) is 12.1 Å². The van der Waals surface area contributed by atoms with Gasteiger partial charge < -0.3 is 16.0 Å². The average Bonchev–Trinajstić information content (AvgIpc) is 2.70. The summed E-state index contributed by atoms with van der Waals surface area (Å²) in [5.41, 5.74) is 1.75. The molecule has 0 aliphatic carbocycles. The van der Waals surface area contributed by atoms with Crippen molar-refractivity contribution in [2.24, 2.45) is 4.99 Å². The van der Waals surface area contributed by atoms with Gasteiger partial charge >= 0.3 is 0 Å². The second-order valence-corrected chi connectivity index (χ2v) is 6.93. The van der Waals surface area contributed by atoms with Crippen molar-refractivity contribution in [2.45, 2.75) is 11.3 Å². The van der Waals surface area contributed by atoms with E-state index in [1.165, 1.54) is 12.1 Å². The Hall–Kier alpha value is -2.54. The van der Waals surface area contributed by atoms with E-state index in [0.717, 1.165) is 35.1 Å². The van der Waals surface area contributed by atoms with Crippen LogP contribution in [-0.4, -0.2) is 44.8 Å². The second-order valence-electron chi connectivity index (χ2n) is 5.76. The van der Waals surface area contributed by atoms with Crippen LogP contribution in [0.25, 0.3) is 0 Å². The summed E-state index contributed by atoms with van der Waals surface area (Å²) in [7, 11) is 3.36. The number of halogens is 1. The van der Waals surface area contributed by atoms with E-state index >= 15 is 0 Å². The molecule has 0 aliphatic rings. The highest BCUT2D eigenvalue weighted by Crippen LogP contribution is 2.17. The number of guanidine groups is 1. The van der Waals surface area contributed by atoms with Crippen molar-refractivity contribution in [2.75, 3.05) is 32.9 Å². The lowest BCUT2D eigenvalue weighted by atomic mass is 10.1. The summed E-state index contributed by atoms with van der Waals surface area (Å²) < 4.78 is 12.9. The van der Waals surface area contributed by atoms with E-state index in [9.17, 15) is 9.18 Å². The number of carbonyl (C=O) groups excluding carboxylic acids is 1. The number of thioether (sulfide) groups is 1. The van der Waals surface area contributed by atoms with Gasteiger partial charge in [-0.15, -0.1) is 11.8 Å². The minimum Gasteiger partial charge on any atom is -0.356 e. The van der Waals surface area contributed by atoms with E-state index in [1.807, 2.05) is 18.2 Å². The standard InChI is InChI=1S/C20H25FN4OS/c1-22-19(26)16-5-3-4-15(14-16)10-11-24-20(23-2)25-12-13-27-18-8-6-17(21)7-9-18/h3-9,14H,10-13H2,1-2H3,(H,22,26)(H2,23,24,25). The third-order valence-corrected chi connectivity index (χ3v) is 4.84. The molecule has 0 atom stereocenters. The topological polar surface area (TPSA) is 65.5 Å². The minimum absolute atomic E-state index is 0.0825. The molecular weight excluding hydrogens is 363 g/mol. The van der Waals surface area contributed by atoms with Crippen molar-refractivity contribution in [3.63, 3.8) is 0 Å². The molecule has 0 fully saturated rings. The van der Waals surface area contributed by atoms with Crippen molar-refractivity contribution >= 4 is 23.6 Å². The molecule has 2 aromatic rings. The summed E-state index contributed by atoms with van der Waals surface area (Å²) in [4.78, 5) is 16.9. The zero-order chi connectivity index (χ0) is 19.5. The first kappa shape index (κ1) is 20.8. The van der Waals surface area contributed by atoms with Crippen LogP contribution in [-0.2, 0) is 6.42 Å². The van der Waals surface area contributed by atoms with Crippen LogP contribution in [0.5, 0.6) is 0 Å². The SMILES string of the molecule is CN=C(NCCSc1ccc(F)cc1)NCCc1cccc(C(=O)NC)c1. The number of hydrogen-bond donors (Lipinski definition) is 3. The summed E-state index contributed by atoms with van der Waals surface area (Å²) in [6.45, 7) is 1.45. The fourth-order valence-electron chi connectivity index (χ4n) is 2.43. The van der Waals surface area contributed by atoms with Gasteiger partial charge in [-0.05, 0) is 48.4 Å². The van der Waals surface area contributed by atoms with E-state index in [2.05, 4.69) is 20.9 Å². The van der Waals surface area contributed by atoms with Gasteiger partial charge in [0.2, 0.25) is 0 Å². The van der Waals surface area contributed by atoms with Crippen LogP contribution in [0.4, 0.5) is 4.39 Å². The number of aliphatic imine (C=N–C) groups is 1. The van der Waals surface area contributed by atoms with Crippen molar-refractivity contribution < 1.29 is 9.18 Å². The third-order valence-electron chi connectivity index (χ3n) is 3.82. The van der Waals surface area contributed by atoms with E-state index in [-0.39, 0.29) is 11.7 Å². The molecule has 2 aromatic carbocycles. The van der Waals surface area contributed by atoms with E-state index in [1.54, 1.807) is 44.1 Å². The minimum atomic E-state index is -0.220. The predicted molar refractivity (Wildman–Crippen MR) is 110 cm³/mol. The fourth-order valence-corrected chi connectivity index (χ4v) is 3.20. The van der Waals surface area contributed by atoms with Crippen LogP contribution in [0.3, 0.4) is 0 Å². The average molecular weight is 389 g/mol. The first-order valence-electron chi connectivity index (χ1n) is 8.76. The van der Waals surface area contributed by atoms with Crippen molar-refractivity contribution in [1.29, 1.82) is 0 Å². The molecule has 27 heavy (non-hydrogen) atoms. The first-order chi connectivity index (χ1) is 13.1. The molecule has 0 unspecified atom stereocenters. The Kier molecular flexibility index (Phi) is 8.64. The molecule has 7 heteroatoms. The Morgan fingerprint density at radius 1 is 1.11 bits per heavy atom. The van der Waals surface area contributed by atoms with Gasteiger partial charge in [0.15, 0.2) is 5.96 Å². The summed E-state index contributed by atoms with van der Waals surface area (Å²) in [6, 6.07) is 14.1. The summed E-state index contributed by atoms with van der Waals surface area (Å²) in [6.07, 6.45) is 0.788. The van der Waals surface area contributed by atoms with Crippen LogP contribution in [0, 0.1) is 5.82 Å². The van der Waals surface area contributed by atoms with Gasteiger partial charge in [0.05, 0.1) is 0 Å². The van der Waals surface area contributed by atoms with Crippen LogP contribution >= 0.6 is 11.8 Å². The molecule has 0 heterocycles. The molecule has 0 bridgehead atoms. The Morgan fingerprint density at radius 3 is 2.56 bits per heavy atom. The number of carbonyl (C=O) groups is 1. The Morgan fingerprint density at radius 2 is 1.85 bits per heavy atom. The highest BCUT2D eigenvalue weighted by Gasteiger charge is 2.04. The van der Waals surface area contributed by atoms with E-state index in [4.69, 9.17) is 0 Å². The molecule has 0 saturated heterocycles. The van der Waals surface area contributed by atoms with Gasteiger partial charge in [0.1, 0.15) is 5.82 Å². The summed E-state index contributed by atoms with van der Waals surface area (Å²) in [5, 5.41) is 9.15. The Labute approximate surface area is 163 Å². The molecule has 0 saturated carbocycles. The fraction of sp³-hybridized carbons (Fsp3) is 0.300. The molecule has 0 aromatic heterocycles. The maximum atomic E-state index is 12.9. The van der Waals surface area contributed by atoms with Crippen molar-refractivity contribution in [1.82, 2.24) is 16.0 Å². The van der Waals surface area contributed by atoms with Gasteiger partial charge in [-0.2, -0.15) is 0 Å². The summed E-state index contributed by atoms with van der Waals surface area (Å²) >= 11 is 1.66. The van der Waals surface area contributed by atoms with Gasteiger partial charge in [0, 0.05) is 43.4 Å². The van der Waals surface area contributed by atoms with Crippen molar-refractivity contribution in [3.8, 4) is 0 Å². The highest BCUT2D eigenvalue weighted by molar-refractivity contribution is 7.99. The maximum Gasteiger partial charge on any atom is 0.251 e. The van der Waals surface area contributed by atoms with Crippen LogP contribution < -0.4 is 16.0 Å². The molecular formula is C20H25FN4OS. The lowest BCUT2D eigenvalue weighted by Gasteiger charge is -2.12. The number of nitrogens with one attached hydrogen (secondary N) is 3. The Balaban J connectivity index is 1.69. The molecule has 2 rings (SSSR count). The molecule has 0 spiro atoms. The monoisotopic (exact) mass is 388 g/mol. The Bertz CT molecular complexity index is 765. The molecule has 1 amide bonds. The number of benzene rings is 2. The zero-order valence-corrected chi connectivity index (χ0v) is 16.4. The summed E-state index contributed by atoms with van der Waals surface area (Å²) in [5.74, 6) is 1.28. The number of rotatable bonds is 8. The lowest BCUT2D eigenvalue weighted by molar-refractivity contribution is 0.0963. The first-order valence-corrected chi connectivity index (χ1v) is 9.75. The molecule has 5 nitrogen and oxygen atoms in total. The smallest absolute Gasteiger partial charge is 0.251 e. The van der Waals surface area contributed by atoms with Crippen LogP contribution in [0.1, 0.15) is 15.9 Å². The van der Waals surface area contributed by atoms with Gasteiger partial charge in [-0.3, -0.25) is 9.79 Å². The number of hydrogen-bond acceptors (Lipinski definition) is 3. The molecule has 3 N–H and O–H groups in total. The quantitative estimate of drug-likeness (QED) is 0.282. The third kappa shape index (κ3) is 7.30. The van der Waals surface area contributed by atoms with Crippen molar-refractivity contribution in [3.05, 3.63) is 65.5 Å². The number of amides is 1. The van der Waals surface area contributed by atoms with E-state index in [0.29, 0.717) is 12.1 Å². The lowest BCUT2D eigenvalue weighted by Crippen LogP contribution is -2.39. The largest absolute Gasteiger partial charge is 0.356 e. The normalized spacial score (nSPS) is 11.1.